The number of aliphatic imine (C=N–C) groups is 1. The van der Waals surface area contributed by atoms with Crippen molar-refractivity contribution in [1.29, 1.82) is 0 Å². The van der Waals surface area contributed by atoms with Crippen LogP contribution < -0.4 is 10.6 Å². The molecule has 1 aliphatic rings. The van der Waals surface area contributed by atoms with E-state index in [0.717, 1.165) is 5.56 Å². The Balaban J connectivity index is 1.89. The molecule has 0 radical (unpaired) electrons. The number of nitrogens with zero attached hydrogens (tertiary/aromatic N) is 2. The van der Waals surface area contributed by atoms with Gasteiger partial charge in [0.2, 0.25) is 0 Å². The van der Waals surface area contributed by atoms with Gasteiger partial charge in [-0.2, -0.15) is 0 Å². The maximum Gasteiger partial charge on any atom is 0.253 e. The molecule has 0 saturated carbocycles. The van der Waals surface area contributed by atoms with Crippen LogP contribution in [-0.4, -0.2) is 62.9 Å². The number of amides is 1. The fourth-order valence-electron chi connectivity index (χ4n) is 2.94. The number of carbonyl (C=O) groups is 1. The van der Waals surface area contributed by atoms with Gasteiger partial charge in [0.15, 0.2) is 15.8 Å². The van der Waals surface area contributed by atoms with Gasteiger partial charge >= 0.3 is 0 Å². The first-order valence-corrected chi connectivity index (χ1v) is 10.8. The van der Waals surface area contributed by atoms with Crippen LogP contribution in [0.5, 0.6) is 0 Å². The fraction of sp³-hybridized carbons (Fsp3) is 0.556. The Hall–Kier alpha value is -2.09. The monoisotopic (exact) mass is 380 g/mol. The third kappa shape index (κ3) is 5.45. The first kappa shape index (κ1) is 20.2. The number of rotatable bonds is 6. The quantitative estimate of drug-likeness (QED) is 0.568. The van der Waals surface area contributed by atoms with E-state index in [4.69, 9.17) is 0 Å². The molecule has 1 fully saturated rings. The molecule has 2 rings (SSSR count). The SMILES string of the molecule is CCN(CC)C(=O)c1ccc(CNC(=NC)NC2CCS(=O)(=O)C2)cc1. The predicted molar refractivity (Wildman–Crippen MR) is 104 cm³/mol. The van der Waals surface area contributed by atoms with E-state index in [0.29, 0.717) is 37.6 Å². The Morgan fingerprint density at radius 1 is 1.23 bits per heavy atom. The summed E-state index contributed by atoms with van der Waals surface area (Å²) in [4.78, 5) is 18.2. The predicted octanol–water partition coefficient (Wildman–Crippen LogP) is 1.02. The molecule has 7 nitrogen and oxygen atoms in total. The second-order valence-electron chi connectivity index (χ2n) is 6.34. The number of sulfone groups is 1. The first-order chi connectivity index (χ1) is 12.4. The molecule has 2 N–H and O–H groups in total. The Kier molecular flexibility index (Phi) is 7.02. The highest BCUT2D eigenvalue weighted by Crippen LogP contribution is 2.11. The van der Waals surface area contributed by atoms with Gasteiger partial charge in [-0.25, -0.2) is 8.42 Å². The highest BCUT2D eigenvalue weighted by molar-refractivity contribution is 7.91. The van der Waals surface area contributed by atoms with Crippen molar-refractivity contribution in [2.45, 2.75) is 32.9 Å². The fourth-order valence-corrected chi connectivity index (χ4v) is 4.61. The summed E-state index contributed by atoms with van der Waals surface area (Å²) in [5, 5.41) is 6.33. The van der Waals surface area contributed by atoms with Crippen LogP contribution >= 0.6 is 0 Å². The van der Waals surface area contributed by atoms with Crippen molar-refractivity contribution < 1.29 is 13.2 Å². The van der Waals surface area contributed by atoms with Gasteiger partial charge in [0.05, 0.1) is 11.5 Å². The third-order valence-electron chi connectivity index (χ3n) is 4.51. The van der Waals surface area contributed by atoms with E-state index in [1.807, 2.05) is 38.1 Å². The third-order valence-corrected chi connectivity index (χ3v) is 6.28. The highest BCUT2D eigenvalue weighted by Gasteiger charge is 2.28. The number of hydrogen-bond acceptors (Lipinski definition) is 4. The van der Waals surface area contributed by atoms with Crippen LogP contribution in [0.15, 0.2) is 29.3 Å². The minimum atomic E-state index is -2.92. The lowest BCUT2D eigenvalue weighted by Gasteiger charge is -2.19. The zero-order chi connectivity index (χ0) is 19.2. The van der Waals surface area contributed by atoms with Crippen molar-refractivity contribution in [3.05, 3.63) is 35.4 Å². The maximum absolute atomic E-state index is 12.3. The van der Waals surface area contributed by atoms with Gasteiger partial charge in [0, 0.05) is 38.3 Å². The lowest BCUT2D eigenvalue weighted by molar-refractivity contribution is 0.0773. The van der Waals surface area contributed by atoms with Crippen molar-refractivity contribution in [1.82, 2.24) is 15.5 Å². The van der Waals surface area contributed by atoms with Gasteiger partial charge in [-0.3, -0.25) is 9.79 Å². The number of hydrogen-bond donors (Lipinski definition) is 2. The molecule has 0 aromatic heterocycles. The molecule has 1 aliphatic heterocycles. The van der Waals surface area contributed by atoms with Crippen LogP contribution in [0.4, 0.5) is 0 Å². The molecule has 1 saturated heterocycles. The highest BCUT2D eigenvalue weighted by atomic mass is 32.2. The number of guanidine groups is 1. The summed E-state index contributed by atoms with van der Waals surface area (Å²) in [6, 6.07) is 7.39. The number of nitrogens with one attached hydrogen (secondary N) is 2. The largest absolute Gasteiger partial charge is 0.353 e. The standard InChI is InChI=1S/C18H28N4O3S/c1-4-22(5-2)17(23)15-8-6-14(7-9-15)12-20-18(19-3)21-16-10-11-26(24,25)13-16/h6-9,16H,4-5,10-13H2,1-3H3,(H2,19,20,21). The van der Waals surface area contributed by atoms with Crippen molar-refractivity contribution >= 4 is 21.7 Å². The van der Waals surface area contributed by atoms with Crippen LogP contribution in [0.3, 0.4) is 0 Å². The van der Waals surface area contributed by atoms with E-state index in [9.17, 15) is 13.2 Å². The van der Waals surface area contributed by atoms with Crippen LogP contribution in [0.25, 0.3) is 0 Å². The van der Waals surface area contributed by atoms with Gasteiger partial charge in [0.1, 0.15) is 0 Å². The Morgan fingerprint density at radius 2 is 1.88 bits per heavy atom. The zero-order valence-electron chi connectivity index (χ0n) is 15.7. The summed E-state index contributed by atoms with van der Waals surface area (Å²) in [5.41, 5.74) is 1.69. The van der Waals surface area contributed by atoms with Crippen LogP contribution in [0, 0.1) is 0 Å². The molecular formula is C18H28N4O3S. The lowest BCUT2D eigenvalue weighted by Crippen LogP contribution is -2.43. The minimum absolute atomic E-state index is 0.0365. The van der Waals surface area contributed by atoms with Crippen molar-refractivity contribution in [3.8, 4) is 0 Å². The Bertz CT molecular complexity index is 740. The molecule has 1 amide bonds. The molecule has 0 aliphatic carbocycles. The molecule has 1 aromatic rings. The maximum atomic E-state index is 12.3. The molecule has 1 atom stereocenters. The van der Waals surface area contributed by atoms with Crippen LogP contribution in [0.1, 0.15) is 36.2 Å². The molecular weight excluding hydrogens is 352 g/mol. The van der Waals surface area contributed by atoms with Gasteiger partial charge < -0.3 is 15.5 Å². The summed E-state index contributed by atoms with van der Waals surface area (Å²) in [5.74, 6) is 0.990. The smallest absolute Gasteiger partial charge is 0.253 e. The van der Waals surface area contributed by atoms with Gasteiger partial charge in [0.25, 0.3) is 5.91 Å². The molecule has 1 unspecified atom stereocenters. The van der Waals surface area contributed by atoms with E-state index in [1.165, 1.54) is 0 Å². The molecule has 26 heavy (non-hydrogen) atoms. The van der Waals surface area contributed by atoms with E-state index in [1.54, 1.807) is 11.9 Å². The van der Waals surface area contributed by atoms with Crippen molar-refractivity contribution in [2.75, 3.05) is 31.6 Å². The Labute approximate surface area is 155 Å². The van der Waals surface area contributed by atoms with Crippen LogP contribution in [-0.2, 0) is 16.4 Å². The molecule has 1 heterocycles. The molecule has 0 bridgehead atoms. The average Bonchev–Trinajstić information content (AvgIpc) is 2.98. The van der Waals surface area contributed by atoms with E-state index >= 15 is 0 Å². The number of benzene rings is 1. The lowest BCUT2D eigenvalue weighted by atomic mass is 10.1. The van der Waals surface area contributed by atoms with Crippen molar-refractivity contribution in [3.63, 3.8) is 0 Å². The van der Waals surface area contributed by atoms with E-state index in [2.05, 4.69) is 15.6 Å². The molecule has 8 heteroatoms. The normalized spacial score (nSPS) is 19.2. The summed E-state index contributed by atoms with van der Waals surface area (Å²) < 4.78 is 23.1. The van der Waals surface area contributed by atoms with Gasteiger partial charge in [-0.15, -0.1) is 0 Å². The second-order valence-corrected chi connectivity index (χ2v) is 8.57. The Morgan fingerprint density at radius 3 is 2.38 bits per heavy atom. The summed E-state index contributed by atoms with van der Waals surface area (Å²) in [6.45, 7) is 5.86. The second kappa shape index (κ2) is 9.02. The molecule has 1 aromatic carbocycles. The zero-order valence-corrected chi connectivity index (χ0v) is 16.5. The van der Waals surface area contributed by atoms with E-state index < -0.39 is 9.84 Å². The van der Waals surface area contributed by atoms with E-state index in [-0.39, 0.29) is 23.5 Å². The molecule has 0 spiro atoms. The number of carbonyl (C=O) groups excluding carboxylic acids is 1. The van der Waals surface area contributed by atoms with Gasteiger partial charge in [-0.05, 0) is 38.0 Å². The van der Waals surface area contributed by atoms with Gasteiger partial charge in [-0.1, -0.05) is 12.1 Å². The van der Waals surface area contributed by atoms with Crippen molar-refractivity contribution in [2.24, 2.45) is 4.99 Å². The summed E-state index contributed by atoms with van der Waals surface area (Å²) in [6.07, 6.45) is 0.602. The van der Waals surface area contributed by atoms with Crippen LogP contribution in [0.2, 0.25) is 0 Å². The summed E-state index contributed by atoms with van der Waals surface area (Å²) >= 11 is 0. The molecule has 144 valence electrons. The first-order valence-electron chi connectivity index (χ1n) is 8.94. The minimum Gasteiger partial charge on any atom is -0.353 e. The summed E-state index contributed by atoms with van der Waals surface area (Å²) in [7, 11) is -1.26. The average molecular weight is 381 g/mol. The topological polar surface area (TPSA) is 90.9 Å².